The van der Waals surface area contributed by atoms with Gasteiger partial charge in [-0.25, -0.2) is 4.79 Å². The molecule has 0 saturated heterocycles. The fourth-order valence-electron chi connectivity index (χ4n) is 0.857. The average molecular weight is 257 g/mol. The SMILES string of the molecule is CC(C)C(C)(O)CNC(C)(C(=O)O)C(F)(F)F. The molecule has 3 N–H and O–H groups in total. The second kappa shape index (κ2) is 4.81. The van der Waals surface area contributed by atoms with Crippen LogP contribution in [0, 0.1) is 5.92 Å². The Balaban J connectivity index is 4.89. The number of nitrogens with one attached hydrogen (secondary N) is 1. The molecule has 7 heteroatoms. The third-order valence-corrected chi connectivity index (χ3v) is 3.04. The van der Waals surface area contributed by atoms with Crippen molar-refractivity contribution in [3.63, 3.8) is 0 Å². The predicted octanol–water partition coefficient (Wildman–Crippen LogP) is 1.39. The first-order valence-electron chi connectivity index (χ1n) is 5.12. The quantitative estimate of drug-likeness (QED) is 0.696. The summed E-state index contributed by atoms with van der Waals surface area (Å²) in [7, 11) is 0. The summed E-state index contributed by atoms with van der Waals surface area (Å²) < 4.78 is 37.8. The van der Waals surface area contributed by atoms with Gasteiger partial charge in [0.05, 0.1) is 5.60 Å². The summed E-state index contributed by atoms with van der Waals surface area (Å²) in [5, 5.41) is 20.3. The van der Waals surface area contributed by atoms with Crippen molar-refractivity contribution in [3.8, 4) is 0 Å². The normalized spacial score (nSPS) is 19.8. The number of aliphatic hydroxyl groups is 1. The lowest BCUT2D eigenvalue weighted by Gasteiger charge is -2.34. The molecule has 0 bridgehead atoms. The highest BCUT2D eigenvalue weighted by molar-refractivity contribution is 5.79. The number of alkyl halides is 3. The molecule has 17 heavy (non-hydrogen) atoms. The molecule has 0 aliphatic carbocycles. The zero-order valence-corrected chi connectivity index (χ0v) is 10.2. The molecule has 0 radical (unpaired) electrons. The third kappa shape index (κ3) is 3.57. The molecule has 2 unspecified atom stereocenters. The lowest BCUT2D eigenvalue weighted by molar-refractivity contribution is -0.207. The van der Waals surface area contributed by atoms with E-state index in [4.69, 9.17) is 5.11 Å². The van der Waals surface area contributed by atoms with Crippen LogP contribution in [-0.4, -0.2) is 40.0 Å². The van der Waals surface area contributed by atoms with E-state index in [0.29, 0.717) is 6.92 Å². The Morgan fingerprint density at radius 1 is 1.29 bits per heavy atom. The maximum atomic E-state index is 12.6. The molecule has 0 amide bonds. The summed E-state index contributed by atoms with van der Waals surface area (Å²) in [6.45, 7) is 4.68. The van der Waals surface area contributed by atoms with Crippen LogP contribution in [0.2, 0.25) is 0 Å². The van der Waals surface area contributed by atoms with E-state index in [2.05, 4.69) is 0 Å². The van der Waals surface area contributed by atoms with Crippen LogP contribution in [0.25, 0.3) is 0 Å². The Hall–Kier alpha value is -0.820. The zero-order chi connectivity index (χ0) is 14.1. The lowest BCUT2D eigenvalue weighted by atomic mass is 9.91. The highest BCUT2D eigenvalue weighted by Gasteiger charge is 2.57. The average Bonchev–Trinajstić information content (AvgIpc) is 2.11. The largest absolute Gasteiger partial charge is 0.480 e. The van der Waals surface area contributed by atoms with E-state index < -0.39 is 29.8 Å². The maximum absolute atomic E-state index is 12.6. The minimum atomic E-state index is -4.94. The second-order valence-electron chi connectivity index (χ2n) is 4.79. The van der Waals surface area contributed by atoms with Gasteiger partial charge < -0.3 is 10.2 Å². The minimum absolute atomic E-state index is 0.304. The third-order valence-electron chi connectivity index (χ3n) is 3.04. The monoisotopic (exact) mass is 257 g/mol. The number of hydrogen-bond donors (Lipinski definition) is 3. The highest BCUT2D eigenvalue weighted by atomic mass is 19.4. The number of β-amino-alcohol motifs (C(OH)–C–C–N with tert-alkyl or cyclic N) is 1. The molecule has 0 aromatic carbocycles. The van der Waals surface area contributed by atoms with Crippen molar-refractivity contribution in [2.45, 2.75) is 45.0 Å². The number of carboxylic acids is 1. The molecule has 0 saturated carbocycles. The molecule has 0 spiro atoms. The van der Waals surface area contributed by atoms with Crippen molar-refractivity contribution < 1.29 is 28.2 Å². The van der Waals surface area contributed by atoms with E-state index in [9.17, 15) is 23.1 Å². The molecular weight excluding hydrogens is 239 g/mol. The van der Waals surface area contributed by atoms with Crippen LogP contribution in [0.4, 0.5) is 13.2 Å². The number of carbonyl (C=O) groups is 1. The molecule has 102 valence electrons. The van der Waals surface area contributed by atoms with Crippen molar-refractivity contribution in [3.05, 3.63) is 0 Å². The van der Waals surface area contributed by atoms with E-state index >= 15 is 0 Å². The molecule has 4 nitrogen and oxygen atoms in total. The smallest absolute Gasteiger partial charge is 0.417 e. The van der Waals surface area contributed by atoms with Crippen LogP contribution in [0.15, 0.2) is 0 Å². The molecule has 0 aromatic rings. The molecule has 0 aliphatic rings. The predicted molar refractivity (Wildman–Crippen MR) is 55.6 cm³/mol. The molecule has 0 rings (SSSR count). The lowest BCUT2D eigenvalue weighted by Crippen LogP contribution is -2.63. The standard InChI is InChI=1S/C10H18F3NO3/c1-6(2)8(3,17)5-14-9(4,7(15)16)10(11,12)13/h6,14,17H,5H2,1-4H3,(H,15,16). The Kier molecular flexibility index (Phi) is 4.58. The van der Waals surface area contributed by atoms with Gasteiger partial charge in [-0.1, -0.05) is 13.8 Å². The molecule has 0 fully saturated rings. The van der Waals surface area contributed by atoms with E-state index in [1.807, 2.05) is 5.32 Å². The molecule has 0 aliphatic heterocycles. The van der Waals surface area contributed by atoms with Crippen LogP contribution in [-0.2, 0) is 4.79 Å². The van der Waals surface area contributed by atoms with Crippen LogP contribution >= 0.6 is 0 Å². The first-order chi connectivity index (χ1) is 7.34. The van der Waals surface area contributed by atoms with Gasteiger partial charge in [-0.3, -0.25) is 5.32 Å². The highest BCUT2D eigenvalue weighted by Crippen LogP contribution is 2.31. The number of rotatable bonds is 5. The summed E-state index contributed by atoms with van der Waals surface area (Å²) in [4.78, 5) is 10.7. The number of carboxylic acid groups (broad SMARTS) is 1. The van der Waals surface area contributed by atoms with Crippen LogP contribution in [0.3, 0.4) is 0 Å². The number of hydrogen-bond acceptors (Lipinski definition) is 3. The van der Waals surface area contributed by atoms with Crippen LogP contribution < -0.4 is 5.32 Å². The topological polar surface area (TPSA) is 69.6 Å². The Morgan fingerprint density at radius 3 is 1.94 bits per heavy atom. The van der Waals surface area contributed by atoms with E-state index in [0.717, 1.165) is 0 Å². The molecule has 0 aromatic heterocycles. The maximum Gasteiger partial charge on any atom is 0.417 e. The van der Waals surface area contributed by atoms with Crippen molar-refractivity contribution in [2.75, 3.05) is 6.54 Å². The Bertz CT molecular complexity index is 289. The summed E-state index contributed by atoms with van der Waals surface area (Å²) >= 11 is 0. The number of aliphatic carboxylic acids is 1. The zero-order valence-electron chi connectivity index (χ0n) is 10.2. The first-order valence-corrected chi connectivity index (χ1v) is 5.12. The van der Waals surface area contributed by atoms with Gasteiger partial charge in [0.2, 0.25) is 5.54 Å². The summed E-state index contributed by atoms with van der Waals surface area (Å²) in [5.41, 5.74) is -4.48. The summed E-state index contributed by atoms with van der Waals surface area (Å²) in [5.74, 6) is -2.33. The van der Waals surface area contributed by atoms with E-state index in [1.54, 1.807) is 13.8 Å². The Labute approximate surface area is 97.8 Å². The fourth-order valence-corrected chi connectivity index (χ4v) is 0.857. The summed E-state index contributed by atoms with van der Waals surface area (Å²) in [6, 6.07) is 0. The summed E-state index contributed by atoms with van der Waals surface area (Å²) in [6.07, 6.45) is -4.94. The van der Waals surface area contributed by atoms with E-state index in [1.165, 1.54) is 6.92 Å². The first kappa shape index (κ1) is 16.2. The fraction of sp³-hybridized carbons (Fsp3) is 0.900. The van der Waals surface area contributed by atoms with Gasteiger partial charge in [0.15, 0.2) is 0 Å². The van der Waals surface area contributed by atoms with Crippen molar-refractivity contribution in [1.29, 1.82) is 0 Å². The van der Waals surface area contributed by atoms with Gasteiger partial charge in [0.1, 0.15) is 0 Å². The van der Waals surface area contributed by atoms with Gasteiger partial charge in [-0.15, -0.1) is 0 Å². The minimum Gasteiger partial charge on any atom is -0.480 e. The van der Waals surface area contributed by atoms with Crippen molar-refractivity contribution in [2.24, 2.45) is 5.92 Å². The van der Waals surface area contributed by atoms with Crippen molar-refractivity contribution in [1.82, 2.24) is 5.32 Å². The molecular formula is C10H18F3NO3. The number of halogens is 3. The van der Waals surface area contributed by atoms with Gasteiger partial charge in [-0.2, -0.15) is 13.2 Å². The van der Waals surface area contributed by atoms with Gasteiger partial charge in [0.25, 0.3) is 0 Å². The van der Waals surface area contributed by atoms with Gasteiger partial charge in [-0.05, 0) is 19.8 Å². The van der Waals surface area contributed by atoms with E-state index in [-0.39, 0.29) is 5.92 Å². The second-order valence-corrected chi connectivity index (χ2v) is 4.79. The van der Waals surface area contributed by atoms with Crippen LogP contribution in [0.1, 0.15) is 27.7 Å². The molecule has 2 atom stereocenters. The van der Waals surface area contributed by atoms with Gasteiger partial charge in [0, 0.05) is 6.54 Å². The van der Waals surface area contributed by atoms with Crippen molar-refractivity contribution >= 4 is 5.97 Å². The van der Waals surface area contributed by atoms with Crippen LogP contribution in [0.5, 0.6) is 0 Å². The Morgan fingerprint density at radius 2 is 1.71 bits per heavy atom. The molecule has 0 heterocycles. The van der Waals surface area contributed by atoms with Gasteiger partial charge >= 0.3 is 12.1 Å².